The van der Waals surface area contributed by atoms with Gasteiger partial charge in [0, 0.05) is 86.0 Å². The van der Waals surface area contributed by atoms with Crippen molar-refractivity contribution in [1.82, 2.24) is 18.6 Å². The van der Waals surface area contributed by atoms with Crippen LogP contribution in [-0.4, -0.2) is 87.8 Å². The Morgan fingerprint density at radius 1 is 0.548 bits per heavy atom. The fraction of sp³-hybridized carbons (Fsp3) is 0.286. The number of aryl methyl sites for hydroxylation is 2. The molecule has 6 aromatic rings. The molecule has 0 radical (unpaired) electrons. The molecule has 2 aromatic heterocycles. The molecule has 0 aliphatic carbocycles. The molecule has 0 N–H and O–H groups in total. The number of piperazine rings is 2. The Hall–Kier alpha value is -3.42. The van der Waals surface area contributed by atoms with Crippen molar-refractivity contribution in [2.45, 2.75) is 36.5 Å². The molecule has 0 unspecified atom stereocenters. The van der Waals surface area contributed by atoms with Crippen LogP contribution in [-0.2, 0) is 32.9 Å². The van der Waals surface area contributed by atoms with Crippen LogP contribution in [0.15, 0.2) is 93.3 Å². The van der Waals surface area contributed by atoms with Gasteiger partial charge in [0.05, 0.1) is 21.4 Å². The van der Waals surface area contributed by atoms with Crippen molar-refractivity contribution in [3.63, 3.8) is 0 Å². The second kappa shape index (κ2) is 19.8. The van der Waals surface area contributed by atoms with Crippen LogP contribution in [0.3, 0.4) is 0 Å². The van der Waals surface area contributed by atoms with E-state index in [4.69, 9.17) is 51.4 Å². The van der Waals surface area contributed by atoms with Gasteiger partial charge in [-0.15, -0.1) is 22.7 Å². The van der Waals surface area contributed by atoms with E-state index in [-0.39, 0.29) is 19.8 Å². The Morgan fingerprint density at radius 2 is 0.984 bits per heavy atom. The highest BCUT2D eigenvalue weighted by molar-refractivity contribution is 7.89. The van der Waals surface area contributed by atoms with Gasteiger partial charge in [-0.1, -0.05) is 70.7 Å². The number of rotatable bonds is 10. The summed E-state index contributed by atoms with van der Waals surface area (Å²) in [6.45, 7) is 7.70. The second-order valence-electron chi connectivity index (χ2n) is 14.7. The van der Waals surface area contributed by atoms with Crippen molar-refractivity contribution in [2.24, 2.45) is 0 Å². The summed E-state index contributed by atoms with van der Waals surface area (Å²) < 4.78 is 81.2. The molecule has 0 saturated carbocycles. The molecule has 2 fully saturated rings. The van der Waals surface area contributed by atoms with Gasteiger partial charge in [0.1, 0.15) is 9.79 Å². The number of anilines is 2. The lowest BCUT2D eigenvalue weighted by molar-refractivity contribution is 0.384. The summed E-state index contributed by atoms with van der Waals surface area (Å²) in [5.41, 5.74) is 6.23. The predicted molar refractivity (Wildman–Crippen MR) is 247 cm³/mol. The summed E-state index contributed by atoms with van der Waals surface area (Å²) in [5.74, 6) is -1.76. The minimum absolute atomic E-state index is 0.0371. The third-order valence-corrected chi connectivity index (χ3v) is 17.6. The molecule has 0 amide bonds. The molecular weight excluding hydrogens is 961 g/mol. The average molecular weight is 1000 g/mol. The molecule has 4 aromatic carbocycles. The van der Waals surface area contributed by atoms with Gasteiger partial charge < -0.3 is 9.80 Å². The Bertz CT molecular complexity index is 2610. The number of benzene rings is 4. The molecular formula is C42H40Cl4F2N6O4S4. The van der Waals surface area contributed by atoms with E-state index < -0.39 is 31.7 Å². The van der Waals surface area contributed by atoms with Gasteiger partial charge in [0.2, 0.25) is 20.0 Å². The SMILES string of the molecule is Cc1ccc(Cc2csc(N3CCN(S(=O)(=O)c4ccc(Cl)cc4Cl)CC3)n2)cc1C.O=S(=O)(c1ccc(Cl)cc1Cl)N1CCN(c2nc(Cc3ccc(F)c(F)c3)cs2)CC1. The van der Waals surface area contributed by atoms with E-state index >= 15 is 0 Å². The number of sulfonamides is 2. The topological polar surface area (TPSA) is 107 Å². The van der Waals surface area contributed by atoms with E-state index in [1.54, 1.807) is 17.4 Å². The molecule has 8 rings (SSSR count). The van der Waals surface area contributed by atoms with Crippen LogP contribution >= 0.6 is 69.1 Å². The largest absolute Gasteiger partial charge is 0.345 e. The van der Waals surface area contributed by atoms with Gasteiger partial charge in [0.25, 0.3) is 0 Å². The van der Waals surface area contributed by atoms with Gasteiger partial charge in [-0.05, 0) is 84.6 Å². The first-order chi connectivity index (χ1) is 29.5. The van der Waals surface area contributed by atoms with Crippen LogP contribution in [0.4, 0.5) is 19.0 Å². The zero-order chi connectivity index (χ0) is 44.3. The first-order valence-corrected chi connectivity index (χ1v) is 25.4. The van der Waals surface area contributed by atoms with E-state index in [0.29, 0.717) is 74.4 Å². The summed E-state index contributed by atoms with van der Waals surface area (Å²) in [6.07, 6.45) is 1.18. The summed E-state index contributed by atoms with van der Waals surface area (Å²) in [6, 6.07) is 19.1. The van der Waals surface area contributed by atoms with Gasteiger partial charge in [0.15, 0.2) is 21.9 Å². The van der Waals surface area contributed by atoms with E-state index in [9.17, 15) is 25.6 Å². The maximum absolute atomic E-state index is 13.4. The summed E-state index contributed by atoms with van der Waals surface area (Å²) in [5, 5.41) is 6.67. The van der Waals surface area contributed by atoms with Crippen LogP contribution in [0.2, 0.25) is 20.1 Å². The highest BCUT2D eigenvalue weighted by Gasteiger charge is 2.32. The standard InChI is InChI=1S/C22H23Cl2N3O2S2.C20H17Cl2F2N3O2S2/c1-15-3-4-17(11-16(15)2)12-19-14-30-22(25-19)26-7-9-27(10-8-26)31(28,29)21-6-5-18(23)13-20(21)24;21-14-2-4-19(16(22)11-14)31(28,29)27-7-5-26(6-8-27)20-25-15(12-30-20)9-13-1-3-17(23)18(24)10-13/h3-6,11,13-14H,7-10,12H2,1-2H3;1-4,10-12H,5-9H2. The van der Waals surface area contributed by atoms with E-state index in [0.717, 1.165) is 34.1 Å². The second-order valence-corrected chi connectivity index (χ2v) is 21.9. The molecule has 10 nitrogen and oxygen atoms in total. The predicted octanol–water partition coefficient (Wildman–Crippen LogP) is 10.00. The molecule has 0 spiro atoms. The van der Waals surface area contributed by atoms with Crippen LogP contribution in [0, 0.1) is 25.5 Å². The monoisotopic (exact) mass is 998 g/mol. The van der Waals surface area contributed by atoms with E-state index in [1.165, 1.54) is 79.1 Å². The third kappa shape index (κ3) is 10.9. The molecule has 0 bridgehead atoms. The van der Waals surface area contributed by atoms with Gasteiger partial charge >= 0.3 is 0 Å². The lowest BCUT2D eigenvalue weighted by Gasteiger charge is -2.33. The molecule has 0 atom stereocenters. The Balaban J connectivity index is 0.000000186. The van der Waals surface area contributed by atoms with Gasteiger partial charge in [-0.25, -0.2) is 35.6 Å². The minimum atomic E-state index is -3.73. The summed E-state index contributed by atoms with van der Waals surface area (Å²) in [4.78, 5) is 13.6. The molecule has 62 heavy (non-hydrogen) atoms. The number of hydrogen-bond acceptors (Lipinski definition) is 10. The van der Waals surface area contributed by atoms with Gasteiger partial charge in [-0.2, -0.15) is 8.61 Å². The molecule has 20 heteroatoms. The van der Waals surface area contributed by atoms with Gasteiger partial charge in [-0.3, -0.25) is 0 Å². The van der Waals surface area contributed by atoms with Crippen LogP contribution in [0.25, 0.3) is 0 Å². The summed E-state index contributed by atoms with van der Waals surface area (Å²) in [7, 11) is -7.38. The molecule has 328 valence electrons. The van der Waals surface area contributed by atoms with Crippen LogP contribution in [0.1, 0.15) is 33.6 Å². The van der Waals surface area contributed by atoms with Crippen LogP contribution in [0.5, 0.6) is 0 Å². The smallest absolute Gasteiger partial charge is 0.244 e. The number of halogens is 6. The number of nitrogens with zero attached hydrogens (tertiary/aromatic N) is 6. The van der Waals surface area contributed by atoms with Crippen molar-refractivity contribution in [3.05, 3.63) is 149 Å². The van der Waals surface area contributed by atoms with E-state index in [1.807, 2.05) is 10.3 Å². The van der Waals surface area contributed by atoms with Crippen molar-refractivity contribution in [2.75, 3.05) is 62.2 Å². The number of hydrogen-bond donors (Lipinski definition) is 0. The molecule has 2 aliphatic rings. The van der Waals surface area contributed by atoms with Crippen molar-refractivity contribution in [3.8, 4) is 0 Å². The van der Waals surface area contributed by atoms with E-state index in [2.05, 4.69) is 47.3 Å². The average Bonchev–Trinajstić information content (AvgIpc) is 3.91. The quantitative estimate of drug-likeness (QED) is 0.134. The zero-order valence-electron chi connectivity index (χ0n) is 33.4. The third-order valence-electron chi connectivity index (χ3n) is 10.4. The van der Waals surface area contributed by atoms with Crippen LogP contribution < -0.4 is 9.80 Å². The van der Waals surface area contributed by atoms with Crippen molar-refractivity contribution < 1.29 is 25.6 Å². The van der Waals surface area contributed by atoms with Crippen molar-refractivity contribution in [1.29, 1.82) is 0 Å². The number of aromatic nitrogens is 2. The summed E-state index contributed by atoms with van der Waals surface area (Å²) >= 11 is 27.0. The fourth-order valence-electron chi connectivity index (χ4n) is 6.91. The molecule has 4 heterocycles. The molecule has 2 aliphatic heterocycles. The first kappa shape index (κ1) is 46.6. The van der Waals surface area contributed by atoms with Crippen molar-refractivity contribution >= 4 is 99.4 Å². The highest BCUT2D eigenvalue weighted by Crippen LogP contribution is 2.32. The molecule has 2 saturated heterocycles. The minimum Gasteiger partial charge on any atom is -0.345 e. The maximum atomic E-state index is 13.4. The number of thiazole rings is 2. The maximum Gasteiger partial charge on any atom is 0.244 e. The Labute approximate surface area is 388 Å². The fourth-order valence-corrected chi connectivity index (χ4v) is 13.0. The lowest BCUT2D eigenvalue weighted by atomic mass is 10.0. The lowest BCUT2D eigenvalue weighted by Crippen LogP contribution is -2.48. The normalized spacial score (nSPS) is 15.4. The Kier molecular flexibility index (Phi) is 14.8. The zero-order valence-corrected chi connectivity index (χ0v) is 39.7. The first-order valence-electron chi connectivity index (χ1n) is 19.3. The highest BCUT2D eigenvalue weighted by atomic mass is 35.5. The Morgan fingerprint density at radius 3 is 1.40 bits per heavy atom.